The van der Waals surface area contributed by atoms with Crippen molar-refractivity contribution in [1.82, 2.24) is 0 Å². The Hall–Kier alpha value is -0.790. The minimum atomic E-state index is -0.686. The van der Waals surface area contributed by atoms with Crippen molar-refractivity contribution in [2.24, 2.45) is 23.7 Å². The molecule has 0 aliphatic heterocycles. The van der Waals surface area contributed by atoms with Crippen LogP contribution in [0.3, 0.4) is 0 Å². The first kappa shape index (κ1) is 19.5. The fourth-order valence-corrected chi connectivity index (χ4v) is 4.94. The maximum absolute atomic E-state index is 10.5. The molecule has 0 bridgehead atoms. The van der Waals surface area contributed by atoms with Crippen molar-refractivity contribution in [3.05, 3.63) is 12.2 Å². The van der Waals surface area contributed by atoms with Gasteiger partial charge in [-0.25, -0.2) is 0 Å². The van der Waals surface area contributed by atoms with Crippen LogP contribution in [0.15, 0.2) is 12.2 Å². The average Bonchev–Trinajstić information content (AvgIpc) is 2.60. The van der Waals surface area contributed by atoms with E-state index in [1.54, 1.807) is 0 Å². The van der Waals surface area contributed by atoms with Gasteiger partial charge >= 0.3 is 5.97 Å². The molecule has 0 aromatic heterocycles. The Bertz CT molecular complexity index is 371. The highest BCUT2D eigenvalue weighted by atomic mass is 16.4. The van der Waals surface area contributed by atoms with Gasteiger partial charge in [0.2, 0.25) is 0 Å². The summed E-state index contributed by atoms with van der Waals surface area (Å²) in [6.45, 7) is 2.30. The quantitative estimate of drug-likeness (QED) is 0.381. The molecule has 0 aromatic carbocycles. The van der Waals surface area contributed by atoms with E-state index in [-0.39, 0.29) is 6.42 Å². The number of carbonyl (C=O) groups is 1. The van der Waals surface area contributed by atoms with Crippen molar-refractivity contribution in [2.75, 3.05) is 0 Å². The van der Waals surface area contributed by atoms with Crippen LogP contribution in [-0.2, 0) is 4.79 Å². The molecule has 2 aliphatic rings. The standard InChI is InChI=1S/C22H38O2/c1-2-3-4-7-18-10-14-20(15-11-18)21-16-12-19(13-17-21)8-5-6-9-22(23)24/h5,8,18-21H,2-4,6-7,9-17H2,1H3,(H,23,24). The molecule has 2 aliphatic carbocycles. The SMILES string of the molecule is CCCCCC1CCC(C2CCC(C=CCCC(=O)O)CC2)CC1. The number of hydrogen-bond acceptors (Lipinski definition) is 1. The summed E-state index contributed by atoms with van der Waals surface area (Å²) >= 11 is 0. The second-order valence-electron chi connectivity index (χ2n) is 8.31. The summed E-state index contributed by atoms with van der Waals surface area (Å²) < 4.78 is 0. The largest absolute Gasteiger partial charge is 0.481 e. The molecule has 0 heterocycles. The van der Waals surface area contributed by atoms with Gasteiger partial charge in [0.05, 0.1) is 0 Å². The van der Waals surface area contributed by atoms with E-state index in [1.807, 2.05) is 0 Å². The van der Waals surface area contributed by atoms with Crippen LogP contribution in [0.4, 0.5) is 0 Å². The van der Waals surface area contributed by atoms with Crippen LogP contribution in [0.25, 0.3) is 0 Å². The topological polar surface area (TPSA) is 37.3 Å². The Labute approximate surface area is 149 Å². The first-order chi connectivity index (χ1) is 11.7. The monoisotopic (exact) mass is 334 g/mol. The zero-order valence-corrected chi connectivity index (χ0v) is 15.7. The molecule has 2 saturated carbocycles. The summed E-state index contributed by atoms with van der Waals surface area (Å²) in [5.41, 5.74) is 0. The van der Waals surface area contributed by atoms with E-state index in [1.165, 1.54) is 77.0 Å². The van der Waals surface area contributed by atoms with Gasteiger partial charge in [-0.3, -0.25) is 4.79 Å². The number of rotatable bonds is 9. The molecular formula is C22H38O2. The minimum Gasteiger partial charge on any atom is -0.481 e. The Kier molecular flexibility index (Phi) is 8.91. The molecular weight excluding hydrogens is 296 g/mol. The van der Waals surface area contributed by atoms with Crippen LogP contribution in [0, 0.1) is 23.7 Å². The molecule has 2 fully saturated rings. The number of hydrogen-bond donors (Lipinski definition) is 1. The molecule has 0 aromatic rings. The van der Waals surface area contributed by atoms with Gasteiger partial charge in [0.15, 0.2) is 0 Å². The second kappa shape index (κ2) is 10.9. The first-order valence-corrected chi connectivity index (χ1v) is 10.6. The molecule has 1 N–H and O–H groups in total. The van der Waals surface area contributed by atoms with Gasteiger partial charge < -0.3 is 5.11 Å². The zero-order chi connectivity index (χ0) is 17.2. The van der Waals surface area contributed by atoms with Crippen LogP contribution in [0.2, 0.25) is 0 Å². The minimum absolute atomic E-state index is 0.271. The Morgan fingerprint density at radius 1 is 0.958 bits per heavy atom. The molecule has 0 unspecified atom stereocenters. The first-order valence-electron chi connectivity index (χ1n) is 10.6. The fraction of sp³-hybridized carbons (Fsp3) is 0.864. The Morgan fingerprint density at radius 3 is 2.17 bits per heavy atom. The van der Waals surface area contributed by atoms with E-state index in [0.717, 1.165) is 17.8 Å². The predicted molar refractivity (Wildman–Crippen MR) is 101 cm³/mol. The maximum atomic E-state index is 10.5. The highest BCUT2D eigenvalue weighted by Gasteiger charge is 2.30. The lowest BCUT2D eigenvalue weighted by Gasteiger charge is -2.37. The van der Waals surface area contributed by atoms with Gasteiger partial charge in [0.25, 0.3) is 0 Å². The molecule has 2 heteroatoms. The summed E-state index contributed by atoms with van der Waals surface area (Å²) in [6, 6.07) is 0. The summed E-state index contributed by atoms with van der Waals surface area (Å²) in [5, 5.41) is 8.67. The average molecular weight is 335 g/mol. The van der Waals surface area contributed by atoms with E-state index >= 15 is 0 Å². The third kappa shape index (κ3) is 6.99. The van der Waals surface area contributed by atoms with Gasteiger partial charge in [0.1, 0.15) is 0 Å². The number of unbranched alkanes of at least 4 members (excludes halogenated alkanes) is 2. The van der Waals surface area contributed by atoms with Crippen molar-refractivity contribution in [1.29, 1.82) is 0 Å². The lowest BCUT2D eigenvalue weighted by molar-refractivity contribution is -0.136. The zero-order valence-electron chi connectivity index (χ0n) is 15.7. The van der Waals surface area contributed by atoms with Gasteiger partial charge in [-0.15, -0.1) is 0 Å². The second-order valence-corrected chi connectivity index (χ2v) is 8.31. The van der Waals surface area contributed by atoms with Crippen LogP contribution >= 0.6 is 0 Å². The summed E-state index contributed by atoms with van der Waals surface area (Å²) in [4.78, 5) is 10.5. The van der Waals surface area contributed by atoms with Crippen LogP contribution < -0.4 is 0 Å². The Morgan fingerprint density at radius 2 is 1.58 bits per heavy atom. The van der Waals surface area contributed by atoms with Gasteiger partial charge in [-0.05, 0) is 68.6 Å². The molecule has 0 radical (unpaired) electrons. The van der Waals surface area contributed by atoms with Crippen molar-refractivity contribution in [3.8, 4) is 0 Å². The van der Waals surface area contributed by atoms with E-state index in [9.17, 15) is 4.79 Å². The highest BCUT2D eigenvalue weighted by Crippen LogP contribution is 2.42. The number of allylic oxidation sites excluding steroid dienone is 2. The van der Waals surface area contributed by atoms with Crippen molar-refractivity contribution in [2.45, 2.75) is 96.8 Å². The lowest BCUT2D eigenvalue weighted by Crippen LogP contribution is -2.25. The fourth-order valence-electron chi connectivity index (χ4n) is 4.94. The summed E-state index contributed by atoms with van der Waals surface area (Å²) in [7, 11) is 0. The number of carboxylic acid groups (broad SMARTS) is 1. The number of aliphatic carboxylic acids is 1. The molecule has 0 amide bonds. The molecule has 0 spiro atoms. The van der Waals surface area contributed by atoms with Crippen LogP contribution in [-0.4, -0.2) is 11.1 Å². The third-order valence-corrected chi connectivity index (χ3v) is 6.52. The Balaban J connectivity index is 1.60. The third-order valence-electron chi connectivity index (χ3n) is 6.52. The van der Waals surface area contributed by atoms with Gasteiger partial charge in [0, 0.05) is 6.42 Å². The van der Waals surface area contributed by atoms with Gasteiger partial charge in [-0.2, -0.15) is 0 Å². The lowest BCUT2D eigenvalue weighted by atomic mass is 9.68. The van der Waals surface area contributed by atoms with E-state index in [4.69, 9.17) is 5.11 Å². The smallest absolute Gasteiger partial charge is 0.303 e. The van der Waals surface area contributed by atoms with E-state index < -0.39 is 5.97 Å². The molecule has 138 valence electrons. The van der Waals surface area contributed by atoms with Crippen LogP contribution in [0.1, 0.15) is 96.8 Å². The van der Waals surface area contributed by atoms with Crippen LogP contribution in [0.5, 0.6) is 0 Å². The van der Waals surface area contributed by atoms with Gasteiger partial charge in [-0.1, -0.05) is 57.6 Å². The predicted octanol–water partition coefficient (Wildman–Crippen LogP) is 6.60. The molecule has 24 heavy (non-hydrogen) atoms. The summed E-state index contributed by atoms with van der Waals surface area (Å²) in [5.74, 6) is 3.03. The molecule has 0 atom stereocenters. The maximum Gasteiger partial charge on any atom is 0.303 e. The van der Waals surface area contributed by atoms with Crippen molar-refractivity contribution < 1.29 is 9.90 Å². The van der Waals surface area contributed by atoms with Crippen molar-refractivity contribution in [3.63, 3.8) is 0 Å². The van der Waals surface area contributed by atoms with E-state index in [0.29, 0.717) is 12.3 Å². The van der Waals surface area contributed by atoms with E-state index in [2.05, 4.69) is 19.1 Å². The molecule has 2 nitrogen and oxygen atoms in total. The number of carboxylic acids is 1. The normalized spacial score (nSPS) is 31.4. The summed E-state index contributed by atoms with van der Waals surface area (Å²) in [6.07, 6.45) is 22.5. The molecule has 0 saturated heterocycles. The van der Waals surface area contributed by atoms with Crippen molar-refractivity contribution >= 4 is 5.97 Å². The highest BCUT2D eigenvalue weighted by molar-refractivity contribution is 5.66. The molecule has 2 rings (SSSR count).